The Morgan fingerprint density at radius 2 is 1.72 bits per heavy atom. The molecule has 0 saturated heterocycles. The van der Waals surface area contributed by atoms with Crippen molar-refractivity contribution in [1.29, 1.82) is 0 Å². The molecule has 29 heavy (non-hydrogen) atoms. The first-order valence-corrected chi connectivity index (χ1v) is 9.64. The smallest absolute Gasteiger partial charge is 0.257 e. The zero-order valence-electron chi connectivity index (χ0n) is 15.1. The second kappa shape index (κ2) is 8.44. The standard InChI is InChI=1S/C20H16N6O2S/c27-18(13-26-24-19(23-25-26)17-11-6-12-29-17)22-16-10-5-4-9-15(16)20(28)21-14-7-2-1-3-8-14/h1-12H,13H2,(H,21,28)(H,22,27). The average Bonchev–Trinajstić information content (AvgIpc) is 3.41. The predicted molar refractivity (Wildman–Crippen MR) is 111 cm³/mol. The SMILES string of the molecule is O=C(Cn1nnc(-c2cccs2)n1)Nc1ccccc1C(=O)Nc1ccccc1. The van der Waals surface area contributed by atoms with Gasteiger partial charge in [0.15, 0.2) is 0 Å². The van der Waals surface area contributed by atoms with Gasteiger partial charge in [0, 0.05) is 5.69 Å². The van der Waals surface area contributed by atoms with E-state index in [2.05, 4.69) is 26.0 Å². The van der Waals surface area contributed by atoms with Gasteiger partial charge in [0.2, 0.25) is 11.7 Å². The number of rotatable bonds is 6. The summed E-state index contributed by atoms with van der Waals surface area (Å²) in [5, 5.41) is 19.6. The fraction of sp³-hybridized carbons (Fsp3) is 0.0500. The molecule has 0 atom stereocenters. The van der Waals surface area contributed by atoms with Gasteiger partial charge in [-0.15, -0.1) is 21.5 Å². The summed E-state index contributed by atoms with van der Waals surface area (Å²) in [7, 11) is 0. The van der Waals surface area contributed by atoms with Gasteiger partial charge in [-0.2, -0.15) is 4.80 Å². The molecule has 2 aromatic heterocycles. The molecule has 9 heteroatoms. The molecular weight excluding hydrogens is 388 g/mol. The number of para-hydroxylation sites is 2. The number of aromatic nitrogens is 4. The molecule has 0 aliphatic carbocycles. The molecule has 2 aromatic carbocycles. The van der Waals surface area contributed by atoms with Gasteiger partial charge >= 0.3 is 0 Å². The summed E-state index contributed by atoms with van der Waals surface area (Å²) in [6.07, 6.45) is 0. The Morgan fingerprint density at radius 1 is 0.931 bits per heavy atom. The van der Waals surface area contributed by atoms with Crippen LogP contribution in [0.1, 0.15) is 10.4 Å². The molecule has 0 radical (unpaired) electrons. The van der Waals surface area contributed by atoms with Crippen molar-refractivity contribution in [3.63, 3.8) is 0 Å². The van der Waals surface area contributed by atoms with Crippen LogP contribution in [0.2, 0.25) is 0 Å². The number of benzene rings is 2. The van der Waals surface area contributed by atoms with E-state index in [1.54, 1.807) is 36.4 Å². The van der Waals surface area contributed by atoms with Crippen molar-refractivity contribution in [3.8, 4) is 10.7 Å². The highest BCUT2D eigenvalue weighted by molar-refractivity contribution is 7.13. The minimum Gasteiger partial charge on any atom is -0.324 e. The number of thiophene rings is 1. The first-order chi connectivity index (χ1) is 14.2. The summed E-state index contributed by atoms with van der Waals surface area (Å²) < 4.78 is 0. The lowest BCUT2D eigenvalue weighted by molar-refractivity contribution is -0.117. The summed E-state index contributed by atoms with van der Waals surface area (Å²) in [6, 6.07) is 19.7. The van der Waals surface area contributed by atoms with Crippen LogP contribution in [-0.2, 0) is 11.3 Å². The molecule has 144 valence electrons. The summed E-state index contributed by atoms with van der Waals surface area (Å²) in [5.41, 5.74) is 1.44. The molecule has 8 nitrogen and oxygen atoms in total. The predicted octanol–water partition coefficient (Wildman–Crippen LogP) is 3.29. The number of amides is 2. The summed E-state index contributed by atoms with van der Waals surface area (Å²) in [5.74, 6) is -0.207. The molecule has 0 saturated carbocycles. The Hall–Kier alpha value is -3.85. The van der Waals surface area contributed by atoms with Crippen molar-refractivity contribution in [3.05, 3.63) is 77.7 Å². The number of carbonyl (C=O) groups is 2. The van der Waals surface area contributed by atoms with E-state index < -0.39 is 0 Å². The molecule has 0 fully saturated rings. The minimum absolute atomic E-state index is 0.118. The van der Waals surface area contributed by atoms with Crippen molar-refractivity contribution in [2.45, 2.75) is 6.54 Å². The van der Waals surface area contributed by atoms with Crippen LogP contribution in [0.5, 0.6) is 0 Å². The molecular formula is C20H16N6O2S. The Morgan fingerprint density at radius 3 is 2.52 bits per heavy atom. The van der Waals surface area contributed by atoms with Crippen LogP contribution in [0.3, 0.4) is 0 Å². The molecule has 0 aliphatic heterocycles. The second-order valence-electron chi connectivity index (χ2n) is 6.03. The molecule has 4 rings (SSSR count). The first kappa shape index (κ1) is 18.5. The monoisotopic (exact) mass is 404 g/mol. The van der Waals surface area contributed by atoms with E-state index in [0.717, 1.165) is 4.88 Å². The highest BCUT2D eigenvalue weighted by Gasteiger charge is 2.15. The maximum Gasteiger partial charge on any atom is 0.257 e. The number of tetrazole rings is 1. The maximum absolute atomic E-state index is 12.6. The third kappa shape index (κ3) is 4.53. The molecule has 0 unspecified atom stereocenters. The van der Waals surface area contributed by atoms with Crippen LogP contribution < -0.4 is 10.6 Å². The van der Waals surface area contributed by atoms with Gasteiger partial charge in [0.1, 0.15) is 6.54 Å². The lowest BCUT2D eigenvalue weighted by atomic mass is 10.1. The Bertz CT molecular complexity index is 1120. The summed E-state index contributed by atoms with van der Waals surface area (Å²) in [6.45, 7) is -0.118. The highest BCUT2D eigenvalue weighted by Crippen LogP contribution is 2.20. The summed E-state index contributed by atoms with van der Waals surface area (Å²) in [4.78, 5) is 27.1. The Kier molecular flexibility index (Phi) is 5.39. The van der Waals surface area contributed by atoms with E-state index in [9.17, 15) is 9.59 Å². The van der Waals surface area contributed by atoms with Crippen LogP contribution in [0.25, 0.3) is 10.7 Å². The fourth-order valence-corrected chi connectivity index (χ4v) is 3.29. The lowest BCUT2D eigenvalue weighted by Gasteiger charge is -2.11. The topological polar surface area (TPSA) is 102 Å². The fourth-order valence-electron chi connectivity index (χ4n) is 2.64. The van der Waals surface area contributed by atoms with E-state index in [4.69, 9.17) is 0 Å². The van der Waals surface area contributed by atoms with Gasteiger partial charge in [-0.3, -0.25) is 9.59 Å². The van der Waals surface area contributed by atoms with Crippen LogP contribution >= 0.6 is 11.3 Å². The molecule has 0 spiro atoms. The van der Waals surface area contributed by atoms with Gasteiger partial charge < -0.3 is 10.6 Å². The van der Waals surface area contributed by atoms with Crippen molar-refractivity contribution in [2.24, 2.45) is 0 Å². The van der Waals surface area contributed by atoms with Gasteiger partial charge in [-0.25, -0.2) is 0 Å². The Balaban J connectivity index is 1.44. The molecule has 2 N–H and O–H groups in total. The van der Waals surface area contributed by atoms with E-state index >= 15 is 0 Å². The molecule has 2 heterocycles. The van der Waals surface area contributed by atoms with Gasteiger partial charge in [0.25, 0.3) is 5.91 Å². The van der Waals surface area contributed by atoms with Crippen molar-refractivity contribution < 1.29 is 9.59 Å². The number of carbonyl (C=O) groups excluding carboxylic acids is 2. The Labute approximate surface area is 170 Å². The maximum atomic E-state index is 12.6. The van der Waals surface area contributed by atoms with E-state index in [0.29, 0.717) is 22.8 Å². The molecule has 0 aliphatic rings. The number of hydrogen-bond donors (Lipinski definition) is 2. The number of anilines is 2. The van der Waals surface area contributed by atoms with E-state index in [1.165, 1.54) is 16.1 Å². The summed E-state index contributed by atoms with van der Waals surface area (Å²) >= 11 is 1.49. The first-order valence-electron chi connectivity index (χ1n) is 8.76. The molecule has 2 amide bonds. The van der Waals surface area contributed by atoms with Gasteiger partial charge in [0.05, 0.1) is 16.1 Å². The third-order valence-electron chi connectivity index (χ3n) is 3.96. The third-order valence-corrected chi connectivity index (χ3v) is 4.82. The van der Waals surface area contributed by atoms with Crippen LogP contribution in [0.4, 0.5) is 11.4 Å². The lowest BCUT2D eigenvalue weighted by Crippen LogP contribution is -2.22. The van der Waals surface area contributed by atoms with Crippen LogP contribution in [0.15, 0.2) is 72.1 Å². The zero-order chi connectivity index (χ0) is 20.1. The largest absolute Gasteiger partial charge is 0.324 e. The normalized spacial score (nSPS) is 10.5. The van der Waals surface area contributed by atoms with E-state index in [-0.39, 0.29) is 18.4 Å². The van der Waals surface area contributed by atoms with E-state index in [1.807, 2.05) is 35.7 Å². The van der Waals surface area contributed by atoms with Gasteiger partial charge in [-0.05, 0) is 40.9 Å². The number of nitrogens with zero attached hydrogens (tertiary/aromatic N) is 4. The van der Waals surface area contributed by atoms with Gasteiger partial charge in [-0.1, -0.05) is 36.4 Å². The van der Waals surface area contributed by atoms with Crippen molar-refractivity contribution >= 4 is 34.5 Å². The minimum atomic E-state index is -0.361. The van der Waals surface area contributed by atoms with Crippen molar-refractivity contribution in [1.82, 2.24) is 20.2 Å². The second-order valence-corrected chi connectivity index (χ2v) is 6.98. The van der Waals surface area contributed by atoms with Crippen molar-refractivity contribution in [2.75, 3.05) is 10.6 Å². The quantitative estimate of drug-likeness (QED) is 0.513. The number of nitrogens with one attached hydrogen (secondary N) is 2. The van der Waals surface area contributed by atoms with Crippen LogP contribution in [-0.4, -0.2) is 32.0 Å². The van der Waals surface area contributed by atoms with Crippen LogP contribution in [0, 0.1) is 0 Å². The zero-order valence-corrected chi connectivity index (χ0v) is 16.0. The number of hydrogen-bond acceptors (Lipinski definition) is 6. The highest BCUT2D eigenvalue weighted by atomic mass is 32.1. The molecule has 4 aromatic rings. The molecule has 0 bridgehead atoms. The average molecular weight is 404 g/mol.